The second-order valence-corrected chi connectivity index (χ2v) is 10.8. The summed E-state index contributed by atoms with van der Waals surface area (Å²) in [7, 11) is 3.38. The van der Waals surface area contributed by atoms with E-state index in [1.54, 1.807) is 14.2 Å². The molecule has 8 nitrogen and oxygen atoms in total. The van der Waals surface area contributed by atoms with Gasteiger partial charge in [-0.05, 0) is 48.9 Å². The van der Waals surface area contributed by atoms with E-state index in [0.29, 0.717) is 12.6 Å². The van der Waals surface area contributed by atoms with Crippen molar-refractivity contribution in [1.82, 2.24) is 15.3 Å². The topological polar surface area (TPSA) is 95.0 Å². The fraction of sp³-hybridized carbons (Fsp3) is 0.250. The van der Waals surface area contributed by atoms with E-state index in [2.05, 4.69) is 39.0 Å². The third kappa shape index (κ3) is 9.34. The van der Waals surface area contributed by atoms with Crippen molar-refractivity contribution in [3.63, 3.8) is 0 Å². The number of rotatable bonds is 8. The molecule has 1 aromatic heterocycles. The standard InChI is InChI=1S/C31H31N3O4.C9H8O/c1-35-28-17-23(30(36-2)27-13-7-6-12-26(27)28)21-38-29-20-32-15-14-25(29)24-18-33-31(34-19-24)37-16-8-11-22-9-4-3-5-10-22;10-8-4-7-9-5-2-1-3-6-9/h3-7,9-10,12-13,17-19,25,29,32H,14-16,20-21H2,1-2H3;1-3,5-6,10H,8H2. The number of aliphatic hydroxyl groups excluding tert-OH is 1. The highest BCUT2D eigenvalue weighted by Crippen LogP contribution is 2.38. The lowest BCUT2D eigenvalue weighted by molar-refractivity contribution is 0.00966. The van der Waals surface area contributed by atoms with Crippen LogP contribution in [0.3, 0.4) is 0 Å². The number of nitrogens with one attached hydrogen (secondary N) is 1. The van der Waals surface area contributed by atoms with E-state index in [4.69, 9.17) is 24.1 Å². The fourth-order valence-electron chi connectivity index (χ4n) is 5.49. The Morgan fingerprint density at radius 1 is 0.812 bits per heavy atom. The number of hydrogen-bond acceptors (Lipinski definition) is 8. The van der Waals surface area contributed by atoms with Crippen molar-refractivity contribution < 1.29 is 24.1 Å². The Kier molecular flexibility index (Phi) is 12.8. The molecule has 244 valence electrons. The van der Waals surface area contributed by atoms with Gasteiger partial charge in [0.05, 0.1) is 26.9 Å². The Balaban J connectivity index is 0.000000387. The zero-order valence-electron chi connectivity index (χ0n) is 27.2. The van der Waals surface area contributed by atoms with Gasteiger partial charge in [0.2, 0.25) is 0 Å². The van der Waals surface area contributed by atoms with E-state index in [1.807, 2.05) is 103 Å². The van der Waals surface area contributed by atoms with Gasteiger partial charge in [0, 0.05) is 52.3 Å². The molecule has 2 heterocycles. The molecule has 0 bridgehead atoms. The average Bonchev–Trinajstić information content (AvgIpc) is 3.16. The lowest BCUT2D eigenvalue weighted by Crippen LogP contribution is -2.41. The van der Waals surface area contributed by atoms with Crippen molar-refractivity contribution in [2.75, 3.05) is 40.5 Å². The minimum atomic E-state index is -0.0745. The number of piperidine rings is 1. The first-order chi connectivity index (χ1) is 23.7. The third-order valence-corrected chi connectivity index (χ3v) is 7.78. The first-order valence-corrected chi connectivity index (χ1v) is 15.8. The number of aliphatic hydroxyl groups is 1. The zero-order chi connectivity index (χ0) is 33.4. The van der Waals surface area contributed by atoms with Crippen LogP contribution in [0.25, 0.3) is 10.8 Å². The molecule has 2 atom stereocenters. The molecular weight excluding hydrogens is 602 g/mol. The number of benzene rings is 4. The SMILES string of the molecule is COc1cc(COC2CNCCC2c2cnc(OCC#Cc3ccccc3)nc2)c(OC)c2ccccc12.OCC#Cc1ccccc1. The highest BCUT2D eigenvalue weighted by molar-refractivity contribution is 5.94. The van der Waals surface area contributed by atoms with Crippen LogP contribution >= 0.6 is 0 Å². The molecule has 1 saturated heterocycles. The molecule has 0 radical (unpaired) electrons. The second-order valence-electron chi connectivity index (χ2n) is 10.8. The Morgan fingerprint density at radius 3 is 2.10 bits per heavy atom. The van der Waals surface area contributed by atoms with E-state index >= 15 is 0 Å². The Morgan fingerprint density at radius 2 is 1.46 bits per heavy atom. The van der Waals surface area contributed by atoms with Crippen LogP contribution in [0, 0.1) is 23.7 Å². The van der Waals surface area contributed by atoms with Crippen LogP contribution in [-0.4, -0.2) is 61.7 Å². The van der Waals surface area contributed by atoms with Crippen molar-refractivity contribution >= 4 is 10.8 Å². The summed E-state index contributed by atoms with van der Waals surface area (Å²) in [6, 6.07) is 29.8. The summed E-state index contributed by atoms with van der Waals surface area (Å²) in [5.41, 5.74) is 3.87. The molecule has 4 aromatic carbocycles. The molecule has 2 unspecified atom stereocenters. The summed E-state index contributed by atoms with van der Waals surface area (Å²) >= 11 is 0. The summed E-state index contributed by atoms with van der Waals surface area (Å²) in [4.78, 5) is 8.84. The molecule has 8 heteroatoms. The van der Waals surface area contributed by atoms with Gasteiger partial charge in [0.25, 0.3) is 0 Å². The quantitative estimate of drug-likeness (QED) is 0.206. The number of aromatic nitrogens is 2. The minimum Gasteiger partial charge on any atom is -0.496 e. The van der Waals surface area contributed by atoms with Crippen LogP contribution in [0.5, 0.6) is 17.5 Å². The molecule has 1 aliphatic rings. The summed E-state index contributed by atoms with van der Waals surface area (Å²) in [6.45, 7) is 2.20. The molecule has 1 aliphatic heterocycles. The van der Waals surface area contributed by atoms with E-state index < -0.39 is 0 Å². The number of ether oxygens (including phenoxy) is 4. The molecule has 5 aromatic rings. The van der Waals surface area contributed by atoms with Gasteiger partial charge in [-0.2, -0.15) is 0 Å². The van der Waals surface area contributed by atoms with E-state index in [9.17, 15) is 0 Å². The predicted octanol–water partition coefficient (Wildman–Crippen LogP) is 5.77. The van der Waals surface area contributed by atoms with Crippen LogP contribution in [-0.2, 0) is 11.3 Å². The normalized spacial score (nSPS) is 15.1. The summed E-state index contributed by atoms with van der Waals surface area (Å²) in [6.07, 6.45) is 4.55. The monoisotopic (exact) mass is 641 g/mol. The number of methoxy groups -OCH3 is 2. The van der Waals surface area contributed by atoms with Gasteiger partial charge in [0.15, 0.2) is 6.61 Å². The Labute approximate surface area is 282 Å². The first kappa shape index (κ1) is 34.0. The summed E-state index contributed by atoms with van der Waals surface area (Å²) in [5, 5.41) is 13.8. The molecule has 0 spiro atoms. The molecule has 0 aliphatic carbocycles. The van der Waals surface area contributed by atoms with Crippen LogP contribution in [0.4, 0.5) is 0 Å². The van der Waals surface area contributed by atoms with Gasteiger partial charge in [-0.1, -0.05) is 84.3 Å². The van der Waals surface area contributed by atoms with Gasteiger partial charge >= 0.3 is 6.01 Å². The molecule has 0 saturated carbocycles. The van der Waals surface area contributed by atoms with Gasteiger partial charge in [-0.15, -0.1) is 0 Å². The highest BCUT2D eigenvalue weighted by atomic mass is 16.5. The third-order valence-electron chi connectivity index (χ3n) is 7.78. The maximum Gasteiger partial charge on any atom is 0.317 e. The Hall–Kier alpha value is -5.38. The van der Waals surface area contributed by atoms with Gasteiger partial charge < -0.3 is 29.4 Å². The van der Waals surface area contributed by atoms with Crippen molar-refractivity contribution in [1.29, 1.82) is 0 Å². The van der Waals surface area contributed by atoms with E-state index in [-0.39, 0.29) is 25.2 Å². The van der Waals surface area contributed by atoms with Crippen molar-refractivity contribution in [2.45, 2.75) is 25.0 Å². The highest BCUT2D eigenvalue weighted by Gasteiger charge is 2.28. The first-order valence-electron chi connectivity index (χ1n) is 15.8. The molecule has 1 fully saturated rings. The van der Waals surface area contributed by atoms with Gasteiger partial charge in [-0.3, -0.25) is 0 Å². The fourth-order valence-corrected chi connectivity index (χ4v) is 5.49. The molecular formula is C40H39N3O5. The number of nitrogens with zero attached hydrogens (tertiary/aromatic N) is 2. The number of fused-ring (bicyclic) bond motifs is 1. The van der Waals surface area contributed by atoms with Crippen LogP contribution < -0.4 is 19.5 Å². The largest absolute Gasteiger partial charge is 0.496 e. The van der Waals surface area contributed by atoms with Crippen LogP contribution in [0.2, 0.25) is 0 Å². The molecule has 48 heavy (non-hydrogen) atoms. The second kappa shape index (κ2) is 18.1. The van der Waals surface area contributed by atoms with Crippen molar-refractivity contribution in [2.24, 2.45) is 0 Å². The van der Waals surface area contributed by atoms with Gasteiger partial charge in [-0.25, -0.2) is 9.97 Å². The smallest absolute Gasteiger partial charge is 0.317 e. The van der Waals surface area contributed by atoms with Crippen LogP contribution in [0.1, 0.15) is 34.6 Å². The summed E-state index contributed by atoms with van der Waals surface area (Å²) in [5.74, 6) is 13.2. The van der Waals surface area contributed by atoms with E-state index in [0.717, 1.165) is 64.0 Å². The predicted molar refractivity (Wildman–Crippen MR) is 187 cm³/mol. The molecule has 6 rings (SSSR count). The van der Waals surface area contributed by atoms with Crippen molar-refractivity contribution in [3.8, 4) is 41.2 Å². The maximum absolute atomic E-state index is 8.35. The lowest BCUT2D eigenvalue weighted by atomic mass is 9.89. The molecule has 2 N–H and O–H groups in total. The Bertz CT molecular complexity index is 1860. The number of hydrogen-bond donors (Lipinski definition) is 2. The summed E-state index contributed by atoms with van der Waals surface area (Å²) < 4.78 is 23.5. The maximum atomic E-state index is 8.35. The minimum absolute atomic E-state index is 0.0435. The molecule has 0 amide bonds. The van der Waals surface area contributed by atoms with E-state index in [1.165, 1.54) is 0 Å². The van der Waals surface area contributed by atoms with Gasteiger partial charge in [0.1, 0.15) is 18.1 Å². The zero-order valence-corrected chi connectivity index (χ0v) is 27.2. The van der Waals surface area contributed by atoms with Crippen LogP contribution in [0.15, 0.2) is 103 Å². The average molecular weight is 642 g/mol. The lowest BCUT2D eigenvalue weighted by Gasteiger charge is -2.32. The van der Waals surface area contributed by atoms with Crippen molar-refractivity contribution in [3.05, 3.63) is 126 Å².